The highest BCUT2D eigenvalue weighted by atomic mass is 16.4. The Morgan fingerprint density at radius 2 is 1.43 bits per heavy atom. The summed E-state index contributed by atoms with van der Waals surface area (Å²) in [6.07, 6.45) is 6.30. The molecule has 0 aromatic heterocycles. The molecule has 0 bridgehead atoms. The smallest absolute Gasteiger partial charge is 0.336 e. The standard InChI is InChI=1S/C20H20O3/c21-19(17-8-4-5-9-18(17)20(22)23)16-12-10-15(11-13-16)14-6-2-1-3-7-14/h4-5,8-14H,1-3,6-7H2,(H,22,23). The van der Waals surface area contributed by atoms with Crippen molar-refractivity contribution in [1.82, 2.24) is 0 Å². The Kier molecular flexibility index (Phi) is 4.56. The molecule has 2 aromatic rings. The number of hydrogen-bond acceptors (Lipinski definition) is 2. The highest BCUT2D eigenvalue weighted by Gasteiger charge is 2.19. The molecule has 1 aliphatic carbocycles. The van der Waals surface area contributed by atoms with Gasteiger partial charge in [0, 0.05) is 11.1 Å². The molecule has 3 nitrogen and oxygen atoms in total. The SMILES string of the molecule is O=C(O)c1ccccc1C(=O)c1ccc(C2CCCCC2)cc1. The molecule has 0 unspecified atom stereocenters. The van der Waals surface area contributed by atoms with Crippen LogP contribution in [0.25, 0.3) is 0 Å². The third-order valence-corrected chi connectivity index (χ3v) is 4.65. The molecule has 0 heterocycles. The van der Waals surface area contributed by atoms with Gasteiger partial charge in [0.25, 0.3) is 0 Å². The van der Waals surface area contributed by atoms with Gasteiger partial charge in [-0.05, 0) is 30.4 Å². The van der Waals surface area contributed by atoms with Gasteiger partial charge in [-0.2, -0.15) is 0 Å². The average Bonchev–Trinajstić information content (AvgIpc) is 2.62. The second kappa shape index (κ2) is 6.78. The highest BCUT2D eigenvalue weighted by molar-refractivity contribution is 6.14. The van der Waals surface area contributed by atoms with Crippen LogP contribution in [-0.4, -0.2) is 16.9 Å². The van der Waals surface area contributed by atoms with Gasteiger partial charge in [0.05, 0.1) is 5.56 Å². The molecule has 0 radical (unpaired) electrons. The largest absolute Gasteiger partial charge is 0.478 e. The molecule has 2 aromatic carbocycles. The van der Waals surface area contributed by atoms with Crippen molar-refractivity contribution < 1.29 is 14.7 Å². The lowest BCUT2D eigenvalue weighted by atomic mass is 9.83. The maximum Gasteiger partial charge on any atom is 0.336 e. The summed E-state index contributed by atoms with van der Waals surface area (Å²) in [6, 6.07) is 14.0. The van der Waals surface area contributed by atoms with Crippen molar-refractivity contribution in [3.05, 3.63) is 70.8 Å². The van der Waals surface area contributed by atoms with Crippen molar-refractivity contribution in [2.24, 2.45) is 0 Å². The summed E-state index contributed by atoms with van der Waals surface area (Å²) < 4.78 is 0. The third-order valence-electron chi connectivity index (χ3n) is 4.65. The first-order chi connectivity index (χ1) is 11.2. The molecule has 23 heavy (non-hydrogen) atoms. The Balaban J connectivity index is 1.84. The summed E-state index contributed by atoms with van der Waals surface area (Å²) in [6.45, 7) is 0. The second-order valence-corrected chi connectivity index (χ2v) is 6.14. The minimum Gasteiger partial charge on any atom is -0.478 e. The second-order valence-electron chi connectivity index (χ2n) is 6.14. The average molecular weight is 308 g/mol. The van der Waals surface area contributed by atoms with Crippen LogP contribution in [0.15, 0.2) is 48.5 Å². The van der Waals surface area contributed by atoms with E-state index in [9.17, 15) is 14.7 Å². The van der Waals surface area contributed by atoms with Gasteiger partial charge in [0.2, 0.25) is 0 Å². The van der Waals surface area contributed by atoms with Gasteiger partial charge >= 0.3 is 5.97 Å². The molecule has 3 rings (SSSR count). The predicted octanol–water partition coefficient (Wildman–Crippen LogP) is 4.66. The summed E-state index contributed by atoms with van der Waals surface area (Å²) >= 11 is 0. The summed E-state index contributed by atoms with van der Waals surface area (Å²) in [5.74, 6) is -0.717. The van der Waals surface area contributed by atoms with Crippen molar-refractivity contribution >= 4 is 11.8 Å². The van der Waals surface area contributed by atoms with Crippen LogP contribution in [0.1, 0.15) is 69.9 Å². The number of aromatic carboxylic acids is 1. The van der Waals surface area contributed by atoms with Crippen molar-refractivity contribution in [2.45, 2.75) is 38.0 Å². The summed E-state index contributed by atoms with van der Waals surface area (Å²) in [5, 5.41) is 9.22. The Labute approximate surface area is 136 Å². The molecule has 0 saturated heterocycles. The van der Waals surface area contributed by atoms with Gasteiger partial charge in [-0.25, -0.2) is 4.79 Å². The number of rotatable bonds is 4. The first kappa shape index (κ1) is 15.5. The zero-order valence-corrected chi connectivity index (χ0v) is 13.0. The first-order valence-electron chi connectivity index (χ1n) is 8.14. The number of carbonyl (C=O) groups is 2. The normalized spacial score (nSPS) is 15.3. The fourth-order valence-corrected chi connectivity index (χ4v) is 3.37. The van der Waals surface area contributed by atoms with Crippen LogP contribution in [0.4, 0.5) is 0 Å². The van der Waals surface area contributed by atoms with Crippen molar-refractivity contribution in [3.8, 4) is 0 Å². The number of carbonyl (C=O) groups excluding carboxylic acids is 1. The van der Waals surface area contributed by atoms with E-state index in [-0.39, 0.29) is 16.9 Å². The number of ketones is 1. The maximum absolute atomic E-state index is 12.6. The van der Waals surface area contributed by atoms with Crippen LogP contribution < -0.4 is 0 Å². The molecule has 3 heteroatoms. The van der Waals surface area contributed by atoms with Crippen LogP contribution in [0, 0.1) is 0 Å². The van der Waals surface area contributed by atoms with E-state index in [0.717, 1.165) is 0 Å². The van der Waals surface area contributed by atoms with Crippen LogP contribution in [-0.2, 0) is 0 Å². The topological polar surface area (TPSA) is 54.4 Å². The first-order valence-corrected chi connectivity index (χ1v) is 8.14. The Morgan fingerprint density at radius 3 is 2.04 bits per heavy atom. The molecule has 1 fully saturated rings. The Morgan fingerprint density at radius 1 is 0.826 bits per heavy atom. The molecule has 118 valence electrons. The molecule has 1 aliphatic rings. The van der Waals surface area contributed by atoms with E-state index in [4.69, 9.17) is 0 Å². The summed E-state index contributed by atoms with van der Waals surface area (Å²) in [7, 11) is 0. The highest BCUT2D eigenvalue weighted by Crippen LogP contribution is 2.32. The van der Waals surface area contributed by atoms with Gasteiger partial charge in [-0.1, -0.05) is 61.7 Å². The van der Waals surface area contributed by atoms with Crippen LogP contribution >= 0.6 is 0 Å². The van der Waals surface area contributed by atoms with Crippen molar-refractivity contribution in [2.75, 3.05) is 0 Å². The molecule has 1 saturated carbocycles. The Hall–Kier alpha value is -2.42. The maximum atomic E-state index is 12.6. The van der Waals surface area contributed by atoms with Crippen LogP contribution in [0.2, 0.25) is 0 Å². The molecule has 0 atom stereocenters. The van der Waals surface area contributed by atoms with Crippen molar-refractivity contribution in [1.29, 1.82) is 0 Å². The molecule has 0 aliphatic heterocycles. The Bertz CT molecular complexity index is 710. The van der Waals surface area contributed by atoms with E-state index < -0.39 is 5.97 Å². The third kappa shape index (κ3) is 3.34. The quantitative estimate of drug-likeness (QED) is 0.835. The fourth-order valence-electron chi connectivity index (χ4n) is 3.37. The lowest BCUT2D eigenvalue weighted by Crippen LogP contribution is -2.10. The number of hydrogen-bond donors (Lipinski definition) is 1. The van der Waals surface area contributed by atoms with E-state index in [1.165, 1.54) is 43.7 Å². The molecule has 0 spiro atoms. The summed E-state index contributed by atoms with van der Waals surface area (Å²) in [5.41, 5.74) is 2.12. The molecular weight excluding hydrogens is 288 g/mol. The molecular formula is C20H20O3. The van der Waals surface area contributed by atoms with Crippen LogP contribution in [0.5, 0.6) is 0 Å². The minimum absolute atomic E-state index is 0.0499. The van der Waals surface area contributed by atoms with E-state index in [0.29, 0.717) is 11.5 Å². The summed E-state index contributed by atoms with van der Waals surface area (Å²) in [4.78, 5) is 23.9. The molecule has 1 N–H and O–H groups in total. The van der Waals surface area contributed by atoms with Gasteiger partial charge < -0.3 is 5.11 Å². The van der Waals surface area contributed by atoms with Crippen molar-refractivity contribution in [3.63, 3.8) is 0 Å². The number of benzene rings is 2. The zero-order valence-electron chi connectivity index (χ0n) is 13.0. The fraction of sp³-hybridized carbons (Fsp3) is 0.300. The zero-order chi connectivity index (χ0) is 16.2. The monoisotopic (exact) mass is 308 g/mol. The van der Waals surface area contributed by atoms with E-state index in [2.05, 4.69) is 0 Å². The predicted molar refractivity (Wildman–Crippen MR) is 89.1 cm³/mol. The van der Waals surface area contributed by atoms with Gasteiger partial charge in [0.1, 0.15) is 0 Å². The van der Waals surface area contributed by atoms with E-state index in [1.807, 2.05) is 24.3 Å². The van der Waals surface area contributed by atoms with E-state index in [1.54, 1.807) is 18.2 Å². The van der Waals surface area contributed by atoms with Gasteiger partial charge in [0.15, 0.2) is 5.78 Å². The van der Waals surface area contributed by atoms with Gasteiger partial charge in [-0.15, -0.1) is 0 Å². The number of carboxylic acid groups (broad SMARTS) is 1. The minimum atomic E-state index is -1.08. The lowest BCUT2D eigenvalue weighted by molar-refractivity contribution is 0.0693. The molecule has 0 amide bonds. The van der Waals surface area contributed by atoms with Crippen LogP contribution in [0.3, 0.4) is 0 Å². The lowest BCUT2D eigenvalue weighted by Gasteiger charge is -2.22. The number of carboxylic acids is 1. The van der Waals surface area contributed by atoms with Gasteiger partial charge in [-0.3, -0.25) is 4.79 Å². The van der Waals surface area contributed by atoms with E-state index >= 15 is 0 Å².